The van der Waals surface area contributed by atoms with Gasteiger partial charge in [-0.2, -0.15) is 5.26 Å². The number of anilines is 1. The van der Waals surface area contributed by atoms with Crippen molar-refractivity contribution in [3.05, 3.63) is 86.0 Å². The lowest BCUT2D eigenvalue weighted by atomic mass is 9.77. The summed E-state index contributed by atoms with van der Waals surface area (Å²) in [6, 6.07) is 17.7. The number of carbonyl (C=O) groups is 2. The average molecular weight is 508 g/mol. The highest BCUT2D eigenvalue weighted by Gasteiger charge is 2.37. The zero-order valence-corrected chi connectivity index (χ0v) is 20.0. The van der Waals surface area contributed by atoms with Crippen LogP contribution in [-0.2, 0) is 9.59 Å². The fraction of sp³-hybridized carbons (Fsp3) is 0.240. The number of aryl methyl sites for hydroxylation is 1. The third-order valence-electron chi connectivity index (χ3n) is 5.55. The number of hydrogen-bond acceptors (Lipinski definition) is 5. The molecular weight excluding hydrogens is 486 g/mol. The first-order chi connectivity index (χ1) is 15.5. The second kappa shape index (κ2) is 9.76. The molecule has 162 valence electrons. The van der Waals surface area contributed by atoms with Crippen molar-refractivity contribution in [2.75, 3.05) is 11.1 Å². The van der Waals surface area contributed by atoms with Crippen LogP contribution in [0.2, 0.25) is 0 Å². The van der Waals surface area contributed by atoms with Gasteiger partial charge in [0.1, 0.15) is 0 Å². The molecule has 1 aliphatic heterocycles. The molecule has 2 aliphatic rings. The molecule has 1 aliphatic carbocycles. The second-order valence-electron chi connectivity index (χ2n) is 7.84. The van der Waals surface area contributed by atoms with E-state index in [1.54, 1.807) is 0 Å². The van der Waals surface area contributed by atoms with Gasteiger partial charge in [0.15, 0.2) is 5.78 Å². The fourth-order valence-corrected chi connectivity index (χ4v) is 5.12. The zero-order valence-electron chi connectivity index (χ0n) is 17.6. The maximum absolute atomic E-state index is 12.8. The quantitative estimate of drug-likeness (QED) is 0.553. The predicted molar refractivity (Wildman–Crippen MR) is 131 cm³/mol. The zero-order chi connectivity index (χ0) is 22.7. The van der Waals surface area contributed by atoms with Crippen LogP contribution in [0.1, 0.15) is 36.3 Å². The van der Waals surface area contributed by atoms with Crippen LogP contribution in [0.3, 0.4) is 0 Å². The highest BCUT2D eigenvalue weighted by molar-refractivity contribution is 9.10. The van der Waals surface area contributed by atoms with E-state index in [-0.39, 0.29) is 17.4 Å². The van der Waals surface area contributed by atoms with Gasteiger partial charge in [0, 0.05) is 27.9 Å². The molecule has 32 heavy (non-hydrogen) atoms. The first-order valence-corrected chi connectivity index (χ1v) is 12.2. The Morgan fingerprint density at radius 1 is 1.19 bits per heavy atom. The molecule has 0 fully saturated rings. The summed E-state index contributed by atoms with van der Waals surface area (Å²) in [5.41, 5.74) is 4.82. The van der Waals surface area contributed by atoms with Crippen molar-refractivity contribution in [2.24, 2.45) is 0 Å². The average Bonchev–Trinajstić information content (AvgIpc) is 2.79. The van der Waals surface area contributed by atoms with Crippen LogP contribution in [0.25, 0.3) is 0 Å². The molecule has 2 aromatic rings. The SMILES string of the molecule is Cc1ccc(C2C(C#N)=C(SCC(=O)Nc3ccc(Br)cc3)NC3=C2C(=O)CCC3)cc1. The summed E-state index contributed by atoms with van der Waals surface area (Å²) in [6.07, 6.45) is 2.05. The Morgan fingerprint density at radius 3 is 2.59 bits per heavy atom. The van der Waals surface area contributed by atoms with Gasteiger partial charge in [-0.05, 0) is 49.6 Å². The normalized spacial score (nSPS) is 18.0. The molecule has 5 nitrogen and oxygen atoms in total. The van der Waals surface area contributed by atoms with Gasteiger partial charge in [-0.1, -0.05) is 57.5 Å². The van der Waals surface area contributed by atoms with Crippen molar-refractivity contribution >= 4 is 45.1 Å². The largest absolute Gasteiger partial charge is 0.352 e. The Hall–Kier alpha value is -2.82. The molecule has 2 aromatic carbocycles. The van der Waals surface area contributed by atoms with Gasteiger partial charge in [-0.15, -0.1) is 0 Å². The van der Waals surface area contributed by atoms with E-state index in [9.17, 15) is 14.9 Å². The van der Waals surface area contributed by atoms with Gasteiger partial charge in [-0.25, -0.2) is 0 Å². The van der Waals surface area contributed by atoms with Gasteiger partial charge in [0.2, 0.25) is 5.91 Å². The number of carbonyl (C=O) groups excluding carboxylic acids is 2. The Morgan fingerprint density at radius 2 is 1.91 bits per heavy atom. The molecule has 1 heterocycles. The number of Topliss-reactive ketones (excluding diaryl/α,β-unsaturated/α-hetero) is 1. The van der Waals surface area contributed by atoms with Gasteiger partial charge in [0.05, 0.1) is 28.3 Å². The maximum atomic E-state index is 12.8. The smallest absolute Gasteiger partial charge is 0.234 e. The molecule has 1 atom stereocenters. The number of nitrogens with zero attached hydrogens (tertiary/aromatic N) is 1. The van der Waals surface area contributed by atoms with E-state index in [0.29, 0.717) is 28.3 Å². The van der Waals surface area contributed by atoms with Crippen LogP contribution in [0.15, 0.2) is 74.9 Å². The molecule has 0 saturated carbocycles. The molecule has 1 unspecified atom stereocenters. The van der Waals surface area contributed by atoms with E-state index < -0.39 is 5.92 Å². The minimum absolute atomic E-state index is 0.0918. The van der Waals surface area contributed by atoms with Crippen molar-refractivity contribution in [3.8, 4) is 6.07 Å². The molecule has 0 radical (unpaired) electrons. The molecule has 2 N–H and O–H groups in total. The van der Waals surface area contributed by atoms with Crippen LogP contribution < -0.4 is 10.6 Å². The molecule has 0 aromatic heterocycles. The van der Waals surface area contributed by atoms with Crippen LogP contribution in [-0.4, -0.2) is 17.4 Å². The van der Waals surface area contributed by atoms with Crippen molar-refractivity contribution in [1.82, 2.24) is 5.32 Å². The van der Waals surface area contributed by atoms with Crippen molar-refractivity contribution in [1.29, 1.82) is 5.26 Å². The van der Waals surface area contributed by atoms with E-state index in [2.05, 4.69) is 32.6 Å². The van der Waals surface area contributed by atoms with Crippen molar-refractivity contribution in [2.45, 2.75) is 32.1 Å². The first kappa shape index (κ1) is 22.4. The van der Waals surface area contributed by atoms with E-state index in [0.717, 1.165) is 34.1 Å². The second-order valence-corrected chi connectivity index (χ2v) is 9.74. The number of nitriles is 1. The number of nitrogens with one attached hydrogen (secondary N) is 2. The molecule has 0 bridgehead atoms. The number of rotatable bonds is 5. The highest BCUT2D eigenvalue weighted by Crippen LogP contribution is 2.44. The Labute approximate surface area is 200 Å². The Balaban J connectivity index is 1.60. The molecule has 0 spiro atoms. The number of dihydropyridines is 1. The number of ketones is 1. The third-order valence-corrected chi connectivity index (χ3v) is 7.10. The minimum atomic E-state index is -0.401. The molecular formula is C25H22BrN3O2S. The van der Waals surface area contributed by atoms with Crippen LogP contribution in [0.5, 0.6) is 0 Å². The number of hydrogen-bond donors (Lipinski definition) is 2. The predicted octanol–water partition coefficient (Wildman–Crippen LogP) is 5.56. The van der Waals surface area contributed by atoms with Crippen LogP contribution >= 0.6 is 27.7 Å². The summed E-state index contributed by atoms with van der Waals surface area (Å²) in [5.74, 6) is -0.313. The summed E-state index contributed by atoms with van der Waals surface area (Å²) in [6.45, 7) is 2.01. The summed E-state index contributed by atoms with van der Waals surface area (Å²) in [7, 11) is 0. The van der Waals surface area contributed by atoms with E-state index in [4.69, 9.17) is 0 Å². The molecule has 0 saturated heterocycles. The lowest BCUT2D eigenvalue weighted by molar-refractivity contribution is -0.116. The number of thioether (sulfide) groups is 1. The van der Waals surface area contributed by atoms with Crippen molar-refractivity contribution < 1.29 is 9.59 Å². The lowest BCUT2D eigenvalue weighted by Gasteiger charge is -2.33. The fourth-order valence-electron chi connectivity index (χ4n) is 4.00. The topological polar surface area (TPSA) is 82.0 Å². The maximum Gasteiger partial charge on any atom is 0.234 e. The highest BCUT2D eigenvalue weighted by atomic mass is 79.9. The van der Waals surface area contributed by atoms with Gasteiger partial charge in [-0.3, -0.25) is 9.59 Å². The summed E-state index contributed by atoms with van der Waals surface area (Å²) < 4.78 is 0.938. The first-order valence-electron chi connectivity index (χ1n) is 10.4. The minimum Gasteiger partial charge on any atom is -0.352 e. The van der Waals surface area contributed by atoms with E-state index in [1.165, 1.54) is 11.8 Å². The van der Waals surface area contributed by atoms with Crippen LogP contribution in [0, 0.1) is 18.3 Å². The van der Waals surface area contributed by atoms with Gasteiger partial charge < -0.3 is 10.6 Å². The summed E-state index contributed by atoms with van der Waals surface area (Å²) >= 11 is 4.68. The molecule has 7 heteroatoms. The van der Waals surface area contributed by atoms with E-state index in [1.807, 2.05) is 55.5 Å². The summed E-state index contributed by atoms with van der Waals surface area (Å²) in [4.78, 5) is 25.4. The standard InChI is InChI=1S/C25H22BrN3O2S/c1-15-5-7-16(8-6-15)23-19(13-27)25(29-20-3-2-4-21(30)24(20)23)32-14-22(31)28-18-11-9-17(26)10-12-18/h5-12,23,29H,2-4,14H2,1H3,(H,28,31). The Bertz CT molecular complexity index is 1160. The van der Waals surface area contributed by atoms with Gasteiger partial charge >= 0.3 is 0 Å². The number of halogens is 1. The molecule has 4 rings (SSSR count). The molecule has 1 amide bonds. The van der Waals surface area contributed by atoms with Gasteiger partial charge in [0.25, 0.3) is 0 Å². The van der Waals surface area contributed by atoms with Crippen LogP contribution in [0.4, 0.5) is 5.69 Å². The number of amides is 1. The number of benzene rings is 2. The summed E-state index contributed by atoms with van der Waals surface area (Å²) in [5, 5.41) is 16.9. The number of allylic oxidation sites excluding steroid dienone is 3. The monoisotopic (exact) mass is 507 g/mol. The Kier molecular flexibility index (Phi) is 6.83. The van der Waals surface area contributed by atoms with Crippen molar-refractivity contribution in [3.63, 3.8) is 0 Å². The lowest BCUT2D eigenvalue weighted by Crippen LogP contribution is -2.31. The third kappa shape index (κ3) is 4.82. The van der Waals surface area contributed by atoms with E-state index >= 15 is 0 Å².